The van der Waals surface area contributed by atoms with E-state index >= 15 is 0 Å². The molecule has 0 aliphatic heterocycles. The van der Waals surface area contributed by atoms with E-state index in [2.05, 4.69) is 4.52 Å². The quantitative estimate of drug-likeness (QED) is 0.491. The van der Waals surface area contributed by atoms with Gasteiger partial charge in [-0.2, -0.15) is 0 Å². The fraction of sp³-hybridized carbons (Fsp3) is 0.667. The smallest absolute Gasteiger partial charge is 0.110 e. The Balaban J connectivity index is 2.94. The first kappa shape index (κ1) is 15.0. The van der Waals surface area contributed by atoms with Gasteiger partial charge in [0, 0.05) is 6.42 Å². The highest BCUT2D eigenvalue weighted by Gasteiger charge is 2.33. The second kappa shape index (κ2) is 4.89. The third kappa shape index (κ3) is 4.26. The van der Waals surface area contributed by atoms with Crippen molar-refractivity contribution in [2.75, 3.05) is 0 Å². The normalized spacial score (nSPS) is 31.2. The summed E-state index contributed by atoms with van der Waals surface area (Å²) in [6.07, 6.45) is -5.59. The van der Waals surface area contributed by atoms with E-state index in [9.17, 15) is 38.9 Å². The molecule has 0 saturated carbocycles. The first-order chi connectivity index (χ1) is 7.50. The molecular weight excluding hydrogens is 278 g/mol. The van der Waals surface area contributed by atoms with Gasteiger partial charge in [0.25, 0.3) is 0 Å². The average Bonchev–Trinajstić information content (AvgIpc) is 2.08. The molecule has 100 valence electrons. The molecule has 0 heterocycles. The summed E-state index contributed by atoms with van der Waals surface area (Å²) in [6, 6.07) is 0. The Labute approximate surface area is 95.8 Å². The summed E-state index contributed by atoms with van der Waals surface area (Å²) in [5, 5.41) is 17.6. The monoisotopic (exact) mass is 286 g/mol. The summed E-state index contributed by atoms with van der Waals surface area (Å²) in [5.41, 5.74) is 0. The largest absolute Gasteiger partial charge is 0.808 e. The van der Waals surface area contributed by atoms with Crippen molar-refractivity contribution in [3.8, 4) is 0 Å². The van der Waals surface area contributed by atoms with Crippen LogP contribution in [0.4, 0.5) is 0 Å². The van der Waals surface area contributed by atoms with Gasteiger partial charge >= 0.3 is 0 Å². The van der Waals surface area contributed by atoms with Gasteiger partial charge in [-0.15, -0.1) is 0 Å². The van der Waals surface area contributed by atoms with Crippen molar-refractivity contribution in [1.82, 2.24) is 0 Å². The van der Waals surface area contributed by atoms with Crippen molar-refractivity contribution in [3.63, 3.8) is 0 Å². The van der Waals surface area contributed by atoms with Gasteiger partial charge in [-0.3, -0.25) is 0 Å². The minimum absolute atomic E-state index is 0.589. The zero-order valence-corrected chi connectivity index (χ0v) is 9.95. The van der Waals surface area contributed by atoms with Gasteiger partial charge in [0.1, 0.15) is 12.2 Å². The van der Waals surface area contributed by atoms with Crippen molar-refractivity contribution < 1.29 is 43.4 Å². The second-order valence-electron chi connectivity index (χ2n) is 3.43. The molecule has 0 amide bonds. The molecule has 0 radical (unpaired) electrons. The SMILES string of the molecule is O=P([O-])([O-])O[C@H]1CC(P(=O)([O-])[O-])=C[C@@H](O)[C@@H]1O. The molecule has 0 aromatic carbocycles. The maximum absolute atomic E-state index is 10.7. The molecule has 0 aromatic heterocycles. The summed E-state index contributed by atoms with van der Waals surface area (Å²) in [4.78, 5) is 42.0. The number of aliphatic hydroxyl groups is 2. The third-order valence-electron chi connectivity index (χ3n) is 2.12. The maximum atomic E-state index is 10.7. The number of hydrogen-bond donors (Lipinski definition) is 2. The van der Waals surface area contributed by atoms with E-state index in [1.165, 1.54) is 0 Å². The Morgan fingerprint density at radius 3 is 2.18 bits per heavy atom. The number of hydrogen-bond acceptors (Lipinski definition) is 9. The number of aliphatic hydroxyl groups excluding tert-OH is 2. The predicted octanol–water partition coefficient (Wildman–Crippen LogP) is -3.88. The molecule has 3 atom stereocenters. The van der Waals surface area contributed by atoms with Crippen molar-refractivity contribution in [2.24, 2.45) is 0 Å². The first-order valence-corrected chi connectivity index (χ1v) is 7.31. The molecule has 0 unspecified atom stereocenters. The molecule has 11 heteroatoms. The van der Waals surface area contributed by atoms with Crippen LogP contribution >= 0.6 is 15.4 Å². The standard InChI is InChI=1S/C6H12O9P2/c7-4-1-3(16(9,10)11)2-5(6(4)8)15-17(12,13)14/h1,4-8H,2H2,(H2,9,10,11)(H2,12,13,14)/p-4/t4-,5+,6+/m1/s1. The molecule has 1 aliphatic carbocycles. The molecule has 0 spiro atoms. The average molecular weight is 286 g/mol. The van der Waals surface area contributed by atoms with Gasteiger partial charge in [-0.25, -0.2) is 0 Å². The van der Waals surface area contributed by atoms with Crippen molar-refractivity contribution in [1.29, 1.82) is 0 Å². The number of rotatable bonds is 3. The Morgan fingerprint density at radius 1 is 1.24 bits per heavy atom. The van der Waals surface area contributed by atoms with E-state index in [0.29, 0.717) is 6.08 Å². The molecular formula is C6H8O9P2-4. The van der Waals surface area contributed by atoms with Crippen LogP contribution in [0.3, 0.4) is 0 Å². The Hall–Kier alpha value is -0.0800. The lowest BCUT2D eigenvalue weighted by Crippen LogP contribution is -2.43. The van der Waals surface area contributed by atoms with Crippen LogP contribution in [-0.2, 0) is 13.7 Å². The van der Waals surface area contributed by atoms with Crippen LogP contribution in [0.15, 0.2) is 11.4 Å². The predicted molar refractivity (Wildman–Crippen MR) is 44.8 cm³/mol. The van der Waals surface area contributed by atoms with Gasteiger partial charge in [0.2, 0.25) is 0 Å². The molecule has 0 fully saturated rings. The highest BCUT2D eigenvalue weighted by atomic mass is 31.2. The number of phosphoric ester groups is 1. The van der Waals surface area contributed by atoms with Crippen LogP contribution in [-0.4, -0.2) is 28.5 Å². The highest BCUT2D eigenvalue weighted by molar-refractivity contribution is 7.53. The lowest BCUT2D eigenvalue weighted by molar-refractivity contribution is -0.347. The minimum atomic E-state index is -5.47. The van der Waals surface area contributed by atoms with Gasteiger partial charge in [-0.05, 0) is 19.0 Å². The zero-order chi connectivity index (χ0) is 13.4. The Morgan fingerprint density at radius 2 is 1.76 bits per heavy atom. The van der Waals surface area contributed by atoms with E-state index in [0.717, 1.165) is 0 Å². The van der Waals surface area contributed by atoms with Gasteiger partial charge in [0.05, 0.1) is 13.9 Å². The van der Waals surface area contributed by atoms with E-state index in [-0.39, 0.29) is 0 Å². The first-order valence-electron chi connectivity index (χ1n) is 4.30. The Kier molecular flexibility index (Phi) is 4.31. The van der Waals surface area contributed by atoms with Crippen LogP contribution in [0.2, 0.25) is 0 Å². The minimum Gasteiger partial charge on any atom is -0.808 e. The van der Waals surface area contributed by atoms with Crippen LogP contribution in [0.5, 0.6) is 0 Å². The van der Waals surface area contributed by atoms with Crippen molar-refractivity contribution in [2.45, 2.75) is 24.7 Å². The Bertz CT molecular complexity index is 406. The molecule has 0 aromatic rings. The molecule has 17 heavy (non-hydrogen) atoms. The van der Waals surface area contributed by atoms with Gasteiger partial charge < -0.3 is 43.4 Å². The van der Waals surface area contributed by atoms with E-state index < -0.39 is 45.5 Å². The molecule has 9 nitrogen and oxygen atoms in total. The van der Waals surface area contributed by atoms with E-state index in [4.69, 9.17) is 0 Å². The summed E-state index contributed by atoms with van der Waals surface area (Å²) in [7, 11) is -10.7. The fourth-order valence-corrected chi connectivity index (χ4v) is 2.65. The molecule has 0 saturated heterocycles. The lowest BCUT2D eigenvalue weighted by Gasteiger charge is -2.42. The molecule has 2 N–H and O–H groups in total. The van der Waals surface area contributed by atoms with Crippen LogP contribution in [0.1, 0.15) is 6.42 Å². The number of phosphoric acid groups is 1. The van der Waals surface area contributed by atoms with Crippen molar-refractivity contribution >= 4 is 15.4 Å². The summed E-state index contributed by atoms with van der Waals surface area (Å²) in [5.74, 6) is 0. The highest BCUT2D eigenvalue weighted by Crippen LogP contribution is 2.44. The van der Waals surface area contributed by atoms with Crippen LogP contribution in [0, 0.1) is 0 Å². The second-order valence-corrected chi connectivity index (χ2v) is 6.11. The summed E-state index contributed by atoms with van der Waals surface area (Å²) < 4.78 is 24.9. The lowest BCUT2D eigenvalue weighted by atomic mass is 9.99. The van der Waals surface area contributed by atoms with E-state index in [1.807, 2.05) is 0 Å². The van der Waals surface area contributed by atoms with Crippen molar-refractivity contribution in [3.05, 3.63) is 11.4 Å². The molecule has 1 rings (SSSR count). The van der Waals surface area contributed by atoms with Crippen LogP contribution in [0.25, 0.3) is 0 Å². The molecule has 0 bridgehead atoms. The summed E-state index contributed by atoms with van der Waals surface area (Å²) >= 11 is 0. The van der Waals surface area contributed by atoms with Gasteiger partial charge in [0.15, 0.2) is 0 Å². The van der Waals surface area contributed by atoms with Gasteiger partial charge in [-0.1, -0.05) is 0 Å². The molecule has 1 aliphatic rings. The zero-order valence-electron chi connectivity index (χ0n) is 8.16. The van der Waals surface area contributed by atoms with E-state index in [1.54, 1.807) is 0 Å². The maximum Gasteiger partial charge on any atom is 0.110 e. The third-order valence-corrected chi connectivity index (χ3v) is 3.68. The summed E-state index contributed by atoms with van der Waals surface area (Å²) in [6.45, 7) is 0. The topological polar surface area (TPSA) is 176 Å². The van der Waals surface area contributed by atoms with Crippen LogP contribution < -0.4 is 19.6 Å². The fourth-order valence-electron chi connectivity index (χ4n) is 1.38.